The third-order valence-corrected chi connectivity index (χ3v) is 7.30. The van der Waals surface area contributed by atoms with Crippen LogP contribution in [0.2, 0.25) is 0 Å². The highest BCUT2D eigenvalue weighted by Gasteiger charge is 2.34. The monoisotopic (exact) mass is 437 g/mol. The van der Waals surface area contributed by atoms with Crippen LogP contribution in [0.5, 0.6) is 0 Å². The van der Waals surface area contributed by atoms with Crippen molar-refractivity contribution in [1.82, 2.24) is 25.1 Å². The Bertz CT molecular complexity index is 963. The molecule has 0 unspecified atom stereocenters. The molecule has 1 saturated heterocycles. The molecule has 8 nitrogen and oxygen atoms in total. The van der Waals surface area contributed by atoms with Crippen molar-refractivity contribution in [2.24, 2.45) is 0 Å². The summed E-state index contributed by atoms with van der Waals surface area (Å²) in [7, 11) is 3.64. The molecule has 0 radical (unpaired) electrons. The first-order valence-corrected chi connectivity index (χ1v) is 12.3. The van der Waals surface area contributed by atoms with Crippen molar-refractivity contribution in [3.63, 3.8) is 0 Å². The van der Waals surface area contributed by atoms with E-state index in [1.165, 1.54) is 43.4 Å². The van der Waals surface area contributed by atoms with Gasteiger partial charge in [-0.2, -0.15) is 10.1 Å². The second-order valence-corrected chi connectivity index (χ2v) is 9.76. The smallest absolute Gasteiger partial charge is 0.244 e. The Morgan fingerprint density at radius 3 is 2.69 bits per heavy atom. The fourth-order valence-electron chi connectivity index (χ4n) is 5.52. The van der Waals surface area contributed by atoms with E-state index in [-0.39, 0.29) is 11.9 Å². The van der Waals surface area contributed by atoms with Crippen LogP contribution >= 0.6 is 0 Å². The van der Waals surface area contributed by atoms with Crippen LogP contribution in [0.15, 0.2) is 6.07 Å². The van der Waals surface area contributed by atoms with E-state index in [1.807, 2.05) is 14.1 Å². The number of likely N-dealkylation sites (N-methyl/N-ethyl adjacent to an activating group) is 1. The number of amides is 1. The van der Waals surface area contributed by atoms with Crippen molar-refractivity contribution in [3.05, 3.63) is 23.0 Å². The van der Waals surface area contributed by atoms with E-state index < -0.39 is 0 Å². The molecule has 3 aliphatic rings. The van der Waals surface area contributed by atoms with Gasteiger partial charge >= 0.3 is 0 Å². The van der Waals surface area contributed by atoms with Gasteiger partial charge in [0.1, 0.15) is 11.9 Å². The highest BCUT2D eigenvalue weighted by molar-refractivity contribution is 5.85. The summed E-state index contributed by atoms with van der Waals surface area (Å²) in [6, 6.07) is 1.98. The predicted molar refractivity (Wildman–Crippen MR) is 125 cm³/mol. The molecule has 1 atom stereocenters. The molecule has 2 fully saturated rings. The number of hydrogen-bond acceptors (Lipinski definition) is 6. The minimum Gasteiger partial charge on any atom is -0.347 e. The van der Waals surface area contributed by atoms with Crippen molar-refractivity contribution < 1.29 is 4.79 Å². The van der Waals surface area contributed by atoms with Crippen molar-refractivity contribution in [2.45, 2.75) is 82.6 Å². The summed E-state index contributed by atoms with van der Waals surface area (Å²) in [6.07, 6.45) is 12.5. The molecule has 3 heterocycles. The van der Waals surface area contributed by atoms with Crippen LogP contribution in [0.4, 0.5) is 17.6 Å². The summed E-state index contributed by atoms with van der Waals surface area (Å²) in [6.45, 7) is 0.816. The number of anilines is 3. The van der Waals surface area contributed by atoms with Gasteiger partial charge in [-0.15, -0.1) is 0 Å². The third kappa shape index (κ3) is 4.19. The Labute approximate surface area is 190 Å². The van der Waals surface area contributed by atoms with Gasteiger partial charge in [-0.1, -0.05) is 19.3 Å². The molecule has 0 aromatic carbocycles. The summed E-state index contributed by atoms with van der Waals surface area (Å²) in [5.74, 6) is 3.07. The van der Waals surface area contributed by atoms with Crippen LogP contribution in [0.3, 0.4) is 0 Å². The van der Waals surface area contributed by atoms with Gasteiger partial charge < -0.3 is 15.1 Å². The summed E-state index contributed by atoms with van der Waals surface area (Å²) in [5, 5.41) is 11.3. The minimum absolute atomic E-state index is 0.128. The highest BCUT2D eigenvalue weighted by Crippen LogP contribution is 2.35. The number of rotatable bonds is 5. The largest absolute Gasteiger partial charge is 0.347 e. The number of carbonyl (C=O) groups is 1. The van der Waals surface area contributed by atoms with E-state index in [1.54, 1.807) is 4.90 Å². The van der Waals surface area contributed by atoms with Crippen LogP contribution in [-0.4, -0.2) is 57.7 Å². The van der Waals surface area contributed by atoms with Gasteiger partial charge in [-0.25, -0.2) is 4.98 Å². The number of nitrogens with zero attached hydrogens (tertiary/aromatic N) is 5. The first-order chi connectivity index (χ1) is 15.6. The lowest BCUT2D eigenvalue weighted by Crippen LogP contribution is -2.43. The number of fused-ring (bicyclic) bond motifs is 1. The maximum absolute atomic E-state index is 12.7. The second kappa shape index (κ2) is 9.08. The Kier molecular flexibility index (Phi) is 6.02. The van der Waals surface area contributed by atoms with Crippen LogP contribution in [0.25, 0.3) is 0 Å². The molecule has 172 valence electrons. The molecule has 5 rings (SSSR count). The van der Waals surface area contributed by atoms with E-state index in [2.05, 4.69) is 26.5 Å². The zero-order valence-corrected chi connectivity index (χ0v) is 19.4. The van der Waals surface area contributed by atoms with E-state index in [0.717, 1.165) is 62.4 Å². The summed E-state index contributed by atoms with van der Waals surface area (Å²) >= 11 is 0. The highest BCUT2D eigenvalue weighted by atomic mass is 16.2. The average Bonchev–Trinajstić information content (AvgIpc) is 3.49. The summed E-state index contributed by atoms with van der Waals surface area (Å²) in [4.78, 5) is 26.4. The van der Waals surface area contributed by atoms with Crippen LogP contribution < -0.4 is 10.2 Å². The minimum atomic E-state index is -0.178. The van der Waals surface area contributed by atoms with E-state index in [4.69, 9.17) is 9.97 Å². The molecule has 2 aliphatic carbocycles. The Morgan fingerprint density at radius 2 is 1.88 bits per heavy atom. The number of hydrogen-bond donors (Lipinski definition) is 2. The Balaban J connectivity index is 1.43. The van der Waals surface area contributed by atoms with Crippen LogP contribution in [0, 0.1) is 0 Å². The molecular formula is C24H35N7O. The first kappa shape index (κ1) is 21.2. The maximum atomic E-state index is 12.7. The molecule has 1 saturated carbocycles. The number of H-pyrrole nitrogens is 1. The summed E-state index contributed by atoms with van der Waals surface area (Å²) in [5.41, 5.74) is 3.55. The van der Waals surface area contributed by atoms with E-state index in [9.17, 15) is 4.79 Å². The van der Waals surface area contributed by atoms with Gasteiger partial charge in [0.05, 0.1) is 5.69 Å². The second-order valence-electron chi connectivity index (χ2n) is 9.76. The fourth-order valence-corrected chi connectivity index (χ4v) is 5.52. The van der Waals surface area contributed by atoms with E-state index >= 15 is 0 Å². The molecule has 1 aliphatic heterocycles. The third-order valence-electron chi connectivity index (χ3n) is 7.30. The lowest BCUT2D eigenvalue weighted by molar-refractivity contribution is -0.129. The quantitative estimate of drug-likeness (QED) is 0.737. The number of aromatic amines is 1. The van der Waals surface area contributed by atoms with Gasteiger partial charge in [0.25, 0.3) is 0 Å². The van der Waals surface area contributed by atoms with Crippen molar-refractivity contribution in [1.29, 1.82) is 0 Å². The lowest BCUT2D eigenvalue weighted by atomic mass is 9.87. The molecule has 0 bridgehead atoms. The maximum Gasteiger partial charge on any atom is 0.244 e. The van der Waals surface area contributed by atoms with Crippen molar-refractivity contribution >= 4 is 23.5 Å². The molecule has 2 aromatic rings. The van der Waals surface area contributed by atoms with E-state index in [0.29, 0.717) is 11.9 Å². The molecule has 2 N–H and O–H groups in total. The van der Waals surface area contributed by atoms with Gasteiger partial charge in [0.2, 0.25) is 11.9 Å². The molecule has 0 spiro atoms. The van der Waals surface area contributed by atoms with Gasteiger partial charge in [0, 0.05) is 43.9 Å². The standard InChI is InChI=1S/C24H35N7O/c1-30(2)23(32)20-13-8-14-31(20)24-25-18-12-7-6-11-17(18)22(27-24)26-21-15-19(28-29-21)16-9-4-3-5-10-16/h15-16,20H,3-14H2,1-2H3,(H2,25,26,27,28,29)/t20-/m0/s1. The predicted octanol–water partition coefficient (Wildman–Crippen LogP) is 3.93. The van der Waals surface area contributed by atoms with Gasteiger partial charge in [-0.3, -0.25) is 9.89 Å². The SMILES string of the molecule is CN(C)C(=O)[C@@H]1CCCN1c1nc2c(c(Nc3cc(C4CCCCC4)[nH]n3)n1)CCCC2. The van der Waals surface area contributed by atoms with Crippen molar-refractivity contribution in [3.8, 4) is 0 Å². The fraction of sp³-hybridized carbons (Fsp3) is 0.667. The molecule has 8 heteroatoms. The van der Waals surface area contributed by atoms with Crippen molar-refractivity contribution in [2.75, 3.05) is 30.9 Å². The van der Waals surface area contributed by atoms with Gasteiger partial charge in [-0.05, 0) is 51.4 Å². The number of aryl methyl sites for hydroxylation is 1. The molecule has 1 amide bonds. The van der Waals surface area contributed by atoms with Crippen LogP contribution in [-0.2, 0) is 17.6 Å². The Hall–Kier alpha value is -2.64. The molecule has 2 aromatic heterocycles. The Morgan fingerprint density at radius 1 is 1.06 bits per heavy atom. The topological polar surface area (TPSA) is 90.0 Å². The first-order valence-electron chi connectivity index (χ1n) is 12.3. The number of carbonyl (C=O) groups excluding carboxylic acids is 1. The summed E-state index contributed by atoms with van der Waals surface area (Å²) < 4.78 is 0. The van der Waals surface area contributed by atoms with Crippen LogP contribution in [0.1, 0.15) is 80.7 Å². The molecule has 32 heavy (non-hydrogen) atoms. The number of aromatic nitrogens is 4. The zero-order chi connectivity index (χ0) is 22.1. The molecular weight excluding hydrogens is 402 g/mol. The average molecular weight is 438 g/mol. The zero-order valence-electron chi connectivity index (χ0n) is 19.4. The van der Waals surface area contributed by atoms with Gasteiger partial charge in [0.15, 0.2) is 5.82 Å². The lowest BCUT2D eigenvalue weighted by Gasteiger charge is -2.28. The normalized spacial score (nSPS) is 21.4. The number of nitrogens with one attached hydrogen (secondary N) is 2.